The molecule has 2 rings (SSSR count). The molecule has 1 unspecified atom stereocenters. The molecule has 1 saturated heterocycles. The van der Waals surface area contributed by atoms with E-state index in [1.165, 1.54) is 13.4 Å². The Labute approximate surface area is 110 Å². The number of carbonyl (C=O) groups is 1. The van der Waals surface area contributed by atoms with Crippen LogP contribution in [0.25, 0.3) is 0 Å². The molecule has 0 spiro atoms. The summed E-state index contributed by atoms with van der Waals surface area (Å²) in [5.74, 6) is 0.227. The Morgan fingerprint density at radius 3 is 3.11 bits per heavy atom. The minimum Gasteiger partial charge on any atom is -0.489 e. The highest BCUT2D eigenvalue weighted by Crippen LogP contribution is 2.29. The highest BCUT2D eigenvalue weighted by atomic mass is 16.5. The van der Waals surface area contributed by atoms with Crippen LogP contribution in [0.5, 0.6) is 5.75 Å². The van der Waals surface area contributed by atoms with Gasteiger partial charge in [0.15, 0.2) is 5.82 Å². The van der Waals surface area contributed by atoms with Crippen LogP contribution in [0.3, 0.4) is 0 Å². The van der Waals surface area contributed by atoms with Crippen LogP contribution >= 0.6 is 0 Å². The van der Waals surface area contributed by atoms with Crippen molar-refractivity contribution in [3.05, 3.63) is 16.7 Å². The molecule has 0 amide bonds. The molecular weight excluding hydrogens is 250 g/mol. The summed E-state index contributed by atoms with van der Waals surface area (Å²) in [6.45, 7) is 2.75. The Kier molecular flexibility index (Phi) is 4.03. The molecule has 1 aromatic rings. The molecule has 0 aliphatic carbocycles. The van der Waals surface area contributed by atoms with Crippen LogP contribution in [0.15, 0.2) is 11.1 Å². The SMILES string of the molecule is CCOC(=O)C1CCCN1c1nc[nH]c(=O)c1OC. The Morgan fingerprint density at radius 1 is 1.63 bits per heavy atom. The van der Waals surface area contributed by atoms with Gasteiger partial charge in [0.25, 0.3) is 5.56 Å². The maximum Gasteiger partial charge on any atom is 0.328 e. The minimum atomic E-state index is -0.400. The first-order chi connectivity index (χ1) is 9.19. The number of methoxy groups -OCH3 is 1. The molecular formula is C12H17N3O4. The third kappa shape index (κ3) is 2.54. The second-order valence-electron chi connectivity index (χ2n) is 4.19. The molecule has 0 aromatic carbocycles. The summed E-state index contributed by atoms with van der Waals surface area (Å²) in [4.78, 5) is 31.9. The van der Waals surface area contributed by atoms with Gasteiger partial charge >= 0.3 is 5.97 Å². The van der Waals surface area contributed by atoms with Crippen LogP contribution in [-0.2, 0) is 9.53 Å². The van der Waals surface area contributed by atoms with Gasteiger partial charge in [-0.2, -0.15) is 0 Å². The molecule has 0 radical (unpaired) electrons. The Hall–Kier alpha value is -2.05. The first kappa shape index (κ1) is 13.4. The second kappa shape index (κ2) is 5.73. The average molecular weight is 267 g/mol. The molecule has 0 saturated carbocycles. The van der Waals surface area contributed by atoms with Gasteiger partial charge in [0.2, 0.25) is 5.75 Å². The smallest absolute Gasteiger partial charge is 0.328 e. The van der Waals surface area contributed by atoms with E-state index >= 15 is 0 Å². The lowest BCUT2D eigenvalue weighted by Gasteiger charge is -2.24. The van der Waals surface area contributed by atoms with Crippen LogP contribution in [0.1, 0.15) is 19.8 Å². The van der Waals surface area contributed by atoms with Gasteiger partial charge in [0.1, 0.15) is 6.04 Å². The summed E-state index contributed by atoms with van der Waals surface area (Å²) in [6, 6.07) is -0.400. The van der Waals surface area contributed by atoms with Gasteiger partial charge in [-0.05, 0) is 19.8 Å². The number of hydrogen-bond donors (Lipinski definition) is 1. The largest absolute Gasteiger partial charge is 0.489 e. The fraction of sp³-hybridized carbons (Fsp3) is 0.583. The van der Waals surface area contributed by atoms with E-state index in [0.717, 1.165) is 6.42 Å². The number of aromatic amines is 1. The molecule has 1 aromatic heterocycles. The zero-order valence-corrected chi connectivity index (χ0v) is 11.0. The normalized spacial score (nSPS) is 18.4. The minimum absolute atomic E-state index is 0.124. The number of aromatic nitrogens is 2. The Morgan fingerprint density at radius 2 is 2.42 bits per heavy atom. The van der Waals surface area contributed by atoms with Crippen molar-refractivity contribution in [3.8, 4) is 5.75 Å². The van der Waals surface area contributed by atoms with E-state index in [1.54, 1.807) is 11.8 Å². The topological polar surface area (TPSA) is 84.5 Å². The van der Waals surface area contributed by atoms with E-state index in [0.29, 0.717) is 25.4 Å². The fourth-order valence-corrected chi connectivity index (χ4v) is 2.27. The van der Waals surface area contributed by atoms with Gasteiger partial charge in [0, 0.05) is 6.54 Å². The fourth-order valence-electron chi connectivity index (χ4n) is 2.27. The van der Waals surface area contributed by atoms with E-state index < -0.39 is 6.04 Å². The molecule has 104 valence electrons. The number of anilines is 1. The molecule has 19 heavy (non-hydrogen) atoms. The second-order valence-corrected chi connectivity index (χ2v) is 4.19. The molecule has 1 aliphatic heterocycles. The van der Waals surface area contributed by atoms with Crippen molar-refractivity contribution in [1.82, 2.24) is 9.97 Å². The maximum absolute atomic E-state index is 11.9. The van der Waals surface area contributed by atoms with Crippen molar-refractivity contribution < 1.29 is 14.3 Å². The van der Waals surface area contributed by atoms with Crippen molar-refractivity contribution in [2.75, 3.05) is 25.2 Å². The molecule has 0 bridgehead atoms. The summed E-state index contributed by atoms with van der Waals surface area (Å²) >= 11 is 0. The van der Waals surface area contributed by atoms with Gasteiger partial charge in [-0.3, -0.25) is 4.79 Å². The number of nitrogens with one attached hydrogen (secondary N) is 1. The summed E-state index contributed by atoms with van der Waals surface area (Å²) in [6.07, 6.45) is 2.85. The van der Waals surface area contributed by atoms with E-state index in [9.17, 15) is 9.59 Å². The average Bonchev–Trinajstić information content (AvgIpc) is 2.87. The molecule has 1 atom stereocenters. The van der Waals surface area contributed by atoms with Crippen molar-refractivity contribution in [3.63, 3.8) is 0 Å². The van der Waals surface area contributed by atoms with Crippen molar-refractivity contribution in [2.45, 2.75) is 25.8 Å². The predicted molar refractivity (Wildman–Crippen MR) is 68.4 cm³/mol. The number of esters is 1. The van der Waals surface area contributed by atoms with Gasteiger partial charge in [-0.15, -0.1) is 0 Å². The van der Waals surface area contributed by atoms with Crippen LogP contribution < -0.4 is 15.2 Å². The summed E-state index contributed by atoms with van der Waals surface area (Å²) in [5.41, 5.74) is -0.359. The first-order valence-corrected chi connectivity index (χ1v) is 6.24. The zero-order chi connectivity index (χ0) is 13.8. The Balaban J connectivity index is 2.32. The molecule has 1 N–H and O–H groups in total. The molecule has 7 nitrogen and oxygen atoms in total. The number of H-pyrrole nitrogens is 1. The van der Waals surface area contributed by atoms with E-state index in [1.807, 2.05) is 0 Å². The quantitative estimate of drug-likeness (QED) is 0.790. The van der Waals surface area contributed by atoms with Gasteiger partial charge in [-0.25, -0.2) is 9.78 Å². The molecule has 2 heterocycles. The van der Waals surface area contributed by atoms with Gasteiger partial charge < -0.3 is 19.4 Å². The van der Waals surface area contributed by atoms with Crippen LogP contribution in [0.4, 0.5) is 5.82 Å². The number of carbonyl (C=O) groups excluding carboxylic acids is 1. The van der Waals surface area contributed by atoms with E-state index in [4.69, 9.17) is 9.47 Å². The van der Waals surface area contributed by atoms with E-state index in [2.05, 4.69) is 9.97 Å². The Bertz CT molecular complexity index is 514. The maximum atomic E-state index is 11.9. The molecule has 1 fully saturated rings. The monoisotopic (exact) mass is 267 g/mol. The third-order valence-electron chi connectivity index (χ3n) is 3.08. The summed E-state index contributed by atoms with van der Waals surface area (Å²) in [5, 5.41) is 0. The standard InChI is InChI=1S/C12H17N3O4/c1-3-19-12(17)8-5-4-6-15(8)10-9(18-2)11(16)14-7-13-10/h7-8H,3-6H2,1-2H3,(H,13,14,16). The van der Waals surface area contributed by atoms with Gasteiger partial charge in [-0.1, -0.05) is 0 Å². The highest BCUT2D eigenvalue weighted by molar-refractivity contribution is 5.81. The number of hydrogen-bond acceptors (Lipinski definition) is 6. The third-order valence-corrected chi connectivity index (χ3v) is 3.08. The van der Waals surface area contributed by atoms with E-state index in [-0.39, 0.29) is 17.3 Å². The number of ether oxygens (including phenoxy) is 2. The van der Waals surface area contributed by atoms with Crippen LogP contribution in [-0.4, -0.2) is 42.2 Å². The highest BCUT2D eigenvalue weighted by Gasteiger charge is 2.34. The predicted octanol–water partition coefficient (Wildman–Crippen LogP) is 0.310. The van der Waals surface area contributed by atoms with Gasteiger partial charge in [0.05, 0.1) is 20.0 Å². The number of nitrogens with zero attached hydrogens (tertiary/aromatic N) is 2. The van der Waals surface area contributed by atoms with Crippen LogP contribution in [0, 0.1) is 0 Å². The van der Waals surface area contributed by atoms with Crippen molar-refractivity contribution in [2.24, 2.45) is 0 Å². The lowest BCUT2D eigenvalue weighted by Crippen LogP contribution is -2.38. The van der Waals surface area contributed by atoms with Crippen molar-refractivity contribution >= 4 is 11.8 Å². The first-order valence-electron chi connectivity index (χ1n) is 6.24. The molecule has 1 aliphatic rings. The lowest BCUT2D eigenvalue weighted by atomic mass is 10.2. The lowest BCUT2D eigenvalue weighted by molar-refractivity contribution is -0.144. The summed E-state index contributed by atoms with van der Waals surface area (Å²) < 4.78 is 10.1. The molecule has 7 heteroatoms. The van der Waals surface area contributed by atoms with Crippen molar-refractivity contribution in [1.29, 1.82) is 0 Å². The zero-order valence-electron chi connectivity index (χ0n) is 11.0. The number of rotatable bonds is 4. The van der Waals surface area contributed by atoms with Crippen LogP contribution in [0.2, 0.25) is 0 Å². The summed E-state index contributed by atoms with van der Waals surface area (Å²) in [7, 11) is 1.41.